The summed E-state index contributed by atoms with van der Waals surface area (Å²) in [6.45, 7) is 2.25. The van der Waals surface area contributed by atoms with Crippen LogP contribution in [0.1, 0.15) is 12.5 Å². The number of carbonyl (C=O) groups is 1. The number of aryl methyl sites for hydroxylation is 1. The first-order valence-corrected chi connectivity index (χ1v) is 9.45. The number of anilines is 2. The van der Waals surface area contributed by atoms with Gasteiger partial charge in [0.15, 0.2) is 5.01 Å². The van der Waals surface area contributed by atoms with Gasteiger partial charge in [-0.1, -0.05) is 66.3 Å². The molecule has 0 radical (unpaired) electrons. The Hall–Kier alpha value is -2.44. The smallest absolute Gasteiger partial charge is 0.243 e. The molecule has 1 amide bonds. The number of likely N-dealkylation sites (N-methyl/N-ethyl adjacent to an activating group) is 1. The molecule has 0 fully saturated rings. The van der Waals surface area contributed by atoms with Crippen molar-refractivity contribution in [3.05, 3.63) is 59.1 Å². The van der Waals surface area contributed by atoms with Crippen LogP contribution in [0.3, 0.4) is 0 Å². The molecule has 5 nitrogen and oxygen atoms in total. The lowest BCUT2D eigenvalue weighted by atomic mass is 10.1. The third-order valence-corrected chi connectivity index (χ3v) is 5.30. The quantitative estimate of drug-likeness (QED) is 0.677. The van der Waals surface area contributed by atoms with Gasteiger partial charge in [-0.3, -0.25) is 4.79 Å². The Labute approximate surface area is 161 Å². The number of benzene rings is 2. The second-order valence-electron chi connectivity index (χ2n) is 5.78. The van der Waals surface area contributed by atoms with Gasteiger partial charge in [-0.15, -0.1) is 10.2 Å². The fraction of sp³-hybridized carbons (Fsp3) is 0.211. The van der Waals surface area contributed by atoms with Crippen LogP contribution in [-0.4, -0.2) is 29.7 Å². The lowest BCUT2D eigenvalue weighted by Crippen LogP contribution is -2.30. The third-order valence-electron chi connectivity index (χ3n) is 3.90. The van der Waals surface area contributed by atoms with Gasteiger partial charge in [0.05, 0.1) is 11.6 Å². The Morgan fingerprint density at radius 1 is 1.15 bits per heavy atom. The van der Waals surface area contributed by atoms with Gasteiger partial charge in [0, 0.05) is 18.3 Å². The zero-order valence-electron chi connectivity index (χ0n) is 14.6. The Balaban J connectivity index is 1.68. The van der Waals surface area contributed by atoms with E-state index >= 15 is 0 Å². The summed E-state index contributed by atoms with van der Waals surface area (Å²) in [4.78, 5) is 14.2. The molecule has 0 saturated heterocycles. The first-order chi connectivity index (χ1) is 12.6. The largest absolute Gasteiger partial charge is 0.340 e. The van der Waals surface area contributed by atoms with Gasteiger partial charge in [0.1, 0.15) is 0 Å². The van der Waals surface area contributed by atoms with E-state index in [1.54, 1.807) is 4.90 Å². The Morgan fingerprint density at radius 2 is 1.88 bits per heavy atom. The SMILES string of the molecule is CCc1ccccc1NC(=O)CN(C)c1nnc(-c2ccccc2Cl)s1. The molecular weight excluding hydrogens is 368 g/mol. The van der Waals surface area contributed by atoms with Crippen LogP contribution in [0.2, 0.25) is 5.02 Å². The number of carbonyl (C=O) groups excluding carboxylic acids is 1. The number of amides is 1. The van der Waals surface area contributed by atoms with Crippen LogP contribution >= 0.6 is 22.9 Å². The zero-order chi connectivity index (χ0) is 18.5. The molecule has 3 rings (SSSR count). The Kier molecular flexibility index (Phi) is 5.85. The molecule has 0 bridgehead atoms. The highest BCUT2D eigenvalue weighted by molar-refractivity contribution is 7.18. The van der Waals surface area contributed by atoms with Crippen molar-refractivity contribution in [1.29, 1.82) is 0 Å². The minimum Gasteiger partial charge on any atom is -0.340 e. The van der Waals surface area contributed by atoms with Gasteiger partial charge in [0.2, 0.25) is 11.0 Å². The van der Waals surface area contributed by atoms with E-state index in [4.69, 9.17) is 11.6 Å². The maximum Gasteiger partial charge on any atom is 0.243 e. The summed E-state index contributed by atoms with van der Waals surface area (Å²) in [6, 6.07) is 15.3. The number of para-hydroxylation sites is 1. The zero-order valence-corrected chi connectivity index (χ0v) is 16.1. The monoisotopic (exact) mass is 386 g/mol. The molecule has 26 heavy (non-hydrogen) atoms. The minimum atomic E-state index is -0.0945. The summed E-state index contributed by atoms with van der Waals surface area (Å²) in [5.41, 5.74) is 2.80. The summed E-state index contributed by atoms with van der Waals surface area (Å²) in [5, 5.41) is 13.4. The van der Waals surface area contributed by atoms with Crippen LogP contribution in [0.5, 0.6) is 0 Å². The summed E-state index contributed by atoms with van der Waals surface area (Å²) >= 11 is 7.62. The predicted molar refractivity (Wildman–Crippen MR) is 108 cm³/mol. The molecular formula is C19H19ClN4OS. The van der Waals surface area contributed by atoms with Crippen molar-refractivity contribution >= 4 is 39.7 Å². The van der Waals surface area contributed by atoms with Gasteiger partial charge >= 0.3 is 0 Å². The maximum atomic E-state index is 12.4. The average molecular weight is 387 g/mol. The second-order valence-corrected chi connectivity index (χ2v) is 7.15. The van der Waals surface area contributed by atoms with Gasteiger partial charge in [-0.2, -0.15) is 0 Å². The van der Waals surface area contributed by atoms with Crippen molar-refractivity contribution < 1.29 is 4.79 Å². The molecule has 0 saturated carbocycles. The highest BCUT2D eigenvalue weighted by Gasteiger charge is 2.15. The van der Waals surface area contributed by atoms with Crippen LogP contribution in [0.25, 0.3) is 10.6 Å². The van der Waals surface area contributed by atoms with E-state index in [9.17, 15) is 4.79 Å². The molecule has 0 spiro atoms. The van der Waals surface area contributed by atoms with Crippen molar-refractivity contribution in [1.82, 2.24) is 10.2 Å². The molecule has 0 aliphatic carbocycles. The highest BCUT2D eigenvalue weighted by atomic mass is 35.5. The fourth-order valence-corrected chi connectivity index (χ4v) is 3.66. The minimum absolute atomic E-state index is 0.0945. The Morgan fingerprint density at radius 3 is 2.65 bits per heavy atom. The maximum absolute atomic E-state index is 12.4. The number of nitrogens with one attached hydrogen (secondary N) is 1. The van der Waals surface area contributed by atoms with E-state index in [2.05, 4.69) is 22.4 Å². The molecule has 2 aromatic carbocycles. The summed E-state index contributed by atoms with van der Waals surface area (Å²) in [7, 11) is 1.82. The fourth-order valence-electron chi connectivity index (χ4n) is 2.54. The predicted octanol–water partition coefficient (Wildman–Crippen LogP) is 4.50. The third kappa shape index (κ3) is 4.20. The topological polar surface area (TPSA) is 58.1 Å². The molecule has 134 valence electrons. The Bertz CT molecular complexity index is 912. The number of aromatic nitrogens is 2. The van der Waals surface area contributed by atoms with Gasteiger partial charge in [0.25, 0.3) is 0 Å². The standard InChI is InChI=1S/C19H19ClN4OS/c1-3-13-8-4-7-11-16(13)21-17(25)12-24(2)19-23-22-18(26-19)14-9-5-6-10-15(14)20/h4-11H,3,12H2,1-2H3,(H,21,25). The number of hydrogen-bond donors (Lipinski definition) is 1. The van der Waals surface area contributed by atoms with E-state index < -0.39 is 0 Å². The highest BCUT2D eigenvalue weighted by Crippen LogP contribution is 2.32. The lowest BCUT2D eigenvalue weighted by molar-refractivity contribution is -0.114. The van der Waals surface area contributed by atoms with Crippen LogP contribution in [0.15, 0.2) is 48.5 Å². The molecule has 0 atom stereocenters. The summed E-state index contributed by atoms with van der Waals surface area (Å²) in [6.07, 6.45) is 0.865. The summed E-state index contributed by atoms with van der Waals surface area (Å²) in [5.74, 6) is -0.0945. The van der Waals surface area contributed by atoms with Crippen molar-refractivity contribution in [3.63, 3.8) is 0 Å². The normalized spacial score (nSPS) is 10.6. The molecule has 1 heterocycles. The molecule has 7 heteroatoms. The van der Waals surface area contributed by atoms with E-state index in [1.165, 1.54) is 11.3 Å². The van der Waals surface area contributed by atoms with Crippen molar-refractivity contribution in [2.45, 2.75) is 13.3 Å². The summed E-state index contributed by atoms with van der Waals surface area (Å²) < 4.78 is 0. The van der Waals surface area contributed by atoms with Crippen molar-refractivity contribution in [2.24, 2.45) is 0 Å². The second kappa shape index (κ2) is 8.29. The van der Waals surface area contributed by atoms with E-state index in [0.717, 1.165) is 28.2 Å². The van der Waals surface area contributed by atoms with E-state index in [-0.39, 0.29) is 12.5 Å². The molecule has 1 aromatic heterocycles. The number of halogens is 1. The molecule has 0 aliphatic heterocycles. The lowest BCUT2D eigenvalue weighted by Gasteiger charge is -2.15. The van der Waals surface area contributed by atoms with E-state index in [0.29, 0.717) is 10.2 Å². The number of nitrogens with zero attached hydrogens (tertiary/aromatic N) is 3. The number of hydrogen-bond acceptors (Lipinski definition) is 5. The van der Waals surface area contributed by atoms with Gasteiger partial charge in [-0.05, 0) is 24.1 Å². The number of rotatable bonds is 6. The van der Waals surface area contributed by atoms with Gasteiger partial charge in [-0.25, -0.2) is 0 Å². The van der Waals surface area contributed by atoms with Crippen molar-refractivity contribution in [2.75, 3.05) is 23.8 Å². The molecule has 3 aromatic rings. The molecule has 0 unspecified atom stereocenters. The van der Waals surface area contributed by atoms with E-state index in [1.807, 2.05) is 55.6 Å². The first-order valence-electron chi connectivity index (χ1n) is 8.25. The van der Waals surface area contributed by atoms with Crippen LogP contribution in [-0.2, 0) is 11.2 Å². The first kappa shape index (κ1) is 18.4. The van der Waals surface area contributed by atoms with Crippen LogP contribution in [0.4, 0.5) is 10.8 Å². The van der Waals surface area contributed by atoms with Crippen LogP contribution in [0, 0.1) is 0 Å². The van der Waals surface area contributed by atoms with Crippen molar-refractivity contribution in [3.8, 4) is 10.6 Å². The van der Waals surface area contributed by atoms with Gasteiger partial charge < -0.3 is 10.2 Å². The molecule has 0 aliphatic rings. The molecule has 1 N–H and O–H groups in total. The average Bonchev–Trinajstić information content (AvgIpc) is 3.12. The van der Waals surface area contributed by atoms with Crippen LogP contribution < -0.4 is 10.2 Å².